The minimum atomic E-state index is 0.0982. The van der Waals surface area contributed by atoms with Gasteiger partial charge in [0, 0.05) is 31.8 Å². The molecule has 6 heteroatoms. The predicted molar refractivity (Wildman–Crippen MR) is 80.9 cm³/mol. The lowest BCUT2D eigenvalue weighted by molar-refractivity contribution is 0.130. The van der Waals surface area contributed by atoms with Crippen LogP contribution in [0.3, 0.4) is 0 Å². The van der Waals surface area contributed by atoms with Gasteiger partial charge in [-0.15, -0.1) is 0 Å². The zero-order valence-electron chi connectivity index (χ0n) is 12.4. The fourth-order valence-corrected chi connectivity index (χ4v) is 2.19. The highest BCUT2D eigenvalue weighted by Crippen LogP contribution is 2.26. The minimum absolute atomic E-state index is 0.0982. The average molecular weight is 293 g/mol. The molecule has 0 spiro atoms. The first-order chi connectivity index (χ1) is 10.2. The molecule has 3 N–H and O–H groups in total. The van der Waals surface area contributed by atoms with Crippen LogP contribution in [0.4, 0.5) is 0 Å². The van der Waals surface area contributed by atoms with Crippen LogP contribution in [0.25, 0.3) is 0 Å². The maximum atomic E-state index is 8.60. The molecule has 21 heavy (non-hydrogen) atoms. The molecule has 1 fully saturated rings. The third kappa shape index (κ3) is 4.91. The van der Waals surface area contributed by atoms with Gasteiger partial charge in [0.25, 0.3) is 0 Å². The van der Waals surface area contributed by atoms with E-state index >= 15 is 0 Å². The third-order valence-corrected chi connectivity index (χ3v) is 3.55. The Bertz CT molecular complexity index is 458. The Morgan fingerprint density at radius 2 is 1.95 bits per heavy atom. The van der Waals surface area contributed by atoms with Crippen LogP contribution < -0.4 is 10.5 Å². The molecule has 1 aromatic carbocycles. The SMILES string of the molecule is COCCN(CCOc1ccc(C(N)=NO)cc1)C1CC1. The normalized spacial score (nSPS) is 15.4. The largest absolute Gasteiger partial charge is 0.492 e. The lowest BCUT2D eigenvalue weighted by Crippen LogP contribution is -2.33. The van der Waals surface area contributed by atoms with Gasteiger partial charge in [-0.2, -0.15) is 0 Å². The quantitative estimate of drug-likeness (QED) is 0.310. The molecule has 1 saturated carbocycles. The fraction of sp³-hybridized carbons (Fsp3) is 0.533. The summed E-state index contributed by atoms with van der Waals surface area (Å²) < 4.78 is 10.9. The zero-order chi connectivity index (χ0) is 15.1. The Morgan fingerprint density at radius 3 is 2.52 bits per heavy atom. The lowest BCUT2D eigenvalue weighted by atomic mass is 10.2. The molecule has 0 heterocycles. The van der Waals surface area contributed by atoms with Crippen LogP contribution in [0.15, 0.2) is 29.4 Å². The van der Waals surface area contributed by atoms with E-state index in [0.717, 1.165) is 25.4 Å². The summed E-state index contributed by atoms with van der Waals surface area (Å²) in [4.78, 5) is 2.41. The molecule has 2 rings (SSSR count). The molecule has 116 valence electrons. The van der Waals surface area contributed by atoms with Crippen LogP contribution >= 0.6 is 0 Å². The Hall–Kier alpha value is -1.79. The first-order valence-corrected chi connectivity index (χ1v) is 7.18. The minimum Gasteiger partial charge on any atom is -0.492 e. The zero-order valence-corrected chi connectivity index (χ0v) is 12.4. The third-order valence-electron chi connectivity index (χ3n) is 3.55. The number of benzene rings is 1. The van der Waals surface area contributed by atoms with Crippen molar-refractivity contribution in [2.24, 2.45) is 10.9 Å². The van der Waals surface area contributed by atoms with E-state index in [0.29, 0.717) is 18.2 Å². The molecular weight excluding hydrogens is 270 g/mol. The van der Waals surface area contributed by atoms with Gasteiger partial charge in [-0.25, -0.2) is 0 Å². The molecule has 6 nitrogen and oxygen atoms in total. The van der Waals surface area contributed by atoms with Gasteiger partial charge in [-0.05, 0) is 37.1 Å². The number of methoxy groups -OCH3 is 1. The van der Waals surface area contributed by atoms with Gasteiger partial charge in [0.1, 0.15) is 12.4 Å². The first-order valence-electron chi connectivity index (χ1n) is 7.18. The standard InChI is InChI=1S/C15H23N3O3/c1-20-10-8-18(13-4-5-13)9-11-21-14-6-2-12(3-7-14)15(16)17-19/h2-3,6-7,13,19H,4-5,8-11H2,1H3,(H2,16,17). The summed E-state index contributed by atoms with van der Waals surface area (Å²) in [5.41, 5.74) is 6.18. The summed E-state index contributed by atoms with van der Waals surface area (Å²) in [5, 5.41) is 11.6. The van der Waals surface area contributed by atoms with Gasteiger partial charge in [-0.1, -0.05) is 5.16 Å². The second-order valence-electron chi connectivity index (χ2n) is 5.12. The summed E-state index contributed by atoms with van der Waals surface area (Å²) in [5.74, 6) is 0.882. The highest BCUT2D eigenvalue weighted by molar-refractivity contribution is 5.97. The van der Waals surface area contributed by atoms with E-state index in [2.05, 4.69) is 10.1 Å². The first kappa shape index (κ1) is 15.6. The van der Waals surface area contributed by atoms with Gasteiger partial charge in [0.15, 0.2) is 5.84 Å². The predicted octanol–water partition coefficient (Wildman–Crippen LogP) is 1.27. The van der Waals surface area contributed by atoms with E-state index in [1.165, 1.54) is 12.8 Å². The number of amidine groups is 1. The Kier molecular flexibility index (Phi) is 5.83. The van der Waals surface area contributed by atoms with Crippen LogP contribution in [-0.2, 0) is 4.74 Å². The summed E-state index contributed by atoms with van der Waals surface area (Å²) in [6.07, 6.45) is 2.55. The molecule has 0 radical (unpaired) electrons. The molecular formula is C15H23N3O3. The van der Waals surface area contributed by atoms with E-state index in [4.69, 9.17) is 20.4 Å². The lowest BCUT2D eigenvalue weighted by Gasteiger charge is -2.21. The maximum Gasteiger partial charge on any atom is 0.170 e. The molecule has 1 aromatic rings. The van der Waals surface area contributed by atoms with Crippen molar-refractivity contribution < 1.29 is 14.7 Å². The molecule has 0 amide bonds. The molecule has 0 bridgehead atoms. The monoisotopic (exact) mass is 293 g/mol. The van der Waals surface area contributed by atoms with Gasteiger partial charge in [0.2, 0.25) is 0 Å². The average Bonchev–Trinajstić information content (AvgIpc) is 3.35. The smallest absolute Gasteiger partial charge is 0.170 e. The second kappa shape index (κ2) is 7.85. The highest BCUT2D eigenvalue weighted by atomic mass is 16.5. The molecule has 1 aliphatic carbocycles. The van der Waals surface area contributed by atoms with Gasteiger partial charge >= 0.3 is 0 Å². The molecule has 0 saturated heterocycles. The van der Waals surface area contributed by atoms with Crippen LogP contribution in [-0.4, -0.2) is 55.4 Å². The molecule has 1 aliphatic rings. The summed E-state index contributed by atoms with van der Waals surface area (Å²) in [6.45, 7) is 3.25. The molecule has 0 atom stereocenters. The molecule has 0 aromatic heterocycles. The summed E-state index contributed by atoms with van der Waals surface area (Å²) >= 11 is 0. The topological polar surface area (TPSA) is 80.3 Å². The van der Waals surface area contributed by atoms with Gasteiger partial charge in [-0.3, -0.25) is 4.90 Å². The van der Waals surface area contributed by atoms with Crippen LogP contribution in [0, 0.1) is 0 Å². The van der Waals surface area contributed by atoms with Crippen molar-refractivity contribution >= 4 is 5.84 Å². The number of hydrogen-bond donors (Lipinski definition) is 2. The van der Waals surface area contributed by atoms with Crippen molar-refractivity contribution in [3.05, 3.63) is 29.8 Å². The van der Waals surface area contributed by atoms with E-state index in [1.54, 1.807) is 19.2 Å². The second-order valence-corrected chi connectivity index (χ2v) is 5.12. The van der Waals surface area contributed by atoms with Crippen molar-refractivity contribution in [2.45, 2.75) is 18.9 Å². The number of oxime groups is 1. The van der Waals surface area contributed by atoms with E-state index in [9.17, 15) is 0 Å². The van der Waals surface area contributed by atoms with Crippen LogP contribution in [0.1, 0.15) is 18.4 Å². The number of hydrogen-bond acceptors (Lipinski definition) is 5. The molecule has 0 aliphatic heterocycles. The van der Waals surface area contributed by atoms with Crippen LogP contribution in [0.2, 0.25) is 0 Å². The summed E-state index contributed by atoms with van der Waals surface area (Å²) in [7, 11) is 1.73. The van der Waals surface area contributed by atoms with Crippen molar-refractivity contribution in [1.82, 2.24) is 4.90 Å². The van der Waals surface area contributed by atoms with E-state index in [1.807, 2.05) is 12.1 Å². The van der Waals surface area contributed by atoms with Crippen molar-refractivity contribution in [3.63, 3.8) is 0 Å². The molecule has 0 unspecified atom stereocenters. The number of rotatable bonds is 9. The van der Waals surface area contributed by atoms with E-state index in [-0.39, 0.29) is 5.84 Å². The fourth-order valence-electron chi connectivity index (χ4n) is 2.19. The van der Waals surface area contributed by atoms with Crippen molar-refractivity contribution in [3.8, 4) is 5.75 Å². The maximum absolute atomic E-state index is 8.60. The summed E-state index contributed by atoms with van der Waals surface area (Å²) in [6, 6.07) is 7.89. The Labute approximate surface area is 125 Å². The van der Waals surface area contributed by atoms with Gasteiger partial charge < -0.3 is 20.4 Å². The van der Waals surface area contributed by atoms with Crippen molar-refractivity contribution in [1.29, 1.82) is 0 Å². The number of nitrogens with two attached hydrogens (primary N) is 1. The van der Waals surface area contributed by atoms with Crippen molar-refractivity contribution in [2.75, 3.05) is 33.4 Å². The van der Waals surface area contributed by atoms with Gasteiger partial charge in [0.05, 0.1) is 6.61 Å². The Balaban J connectivity index is 1.77. The number of ether oxygens (including phenoxy) is 2. The highest BCUT2D eigenvalue weighted by Gasteiger charge is 2.28. The van der Waals surface area contributed by atoms with Crippen LogP contribution in [0.5, 0.6) is 5.75 Å². The Morgan fingerprint density at radius 1 is 1.29 bits per heavy atom. The van der Waals surface area contributed by atoms with E-state index < -0.39 is 0 Å². The number of nitrogens with zero attached hydrogens (tertiary/aromatic N) is 2.